The molecule has 3 aliphatic heterocycles. The normalized spacial score (nSPS) is 22.9. The van der Waals surface area contributed by atoms with Crippen molar-refractivity contribution < 1.29 is 24.2 Å². The highest BCUT2D eigenvalue weighted by molar-refractivity contribution is 6.00. The molecule has 2 aromatic carbocycles. The fourth-order valence-corrected chi connectivity index (χ4v) is 6.90. The average Bonchev–Trinajstić information content (AvgIpc) is 3.43. The van der Waals surface area contributed by atoms with Crippen LogP contribution in [0.4, 0.5) is 16.2 Å². The van der Waals surface area contributed by atoms with E-state index in [0.29, 0.717) is 51.7 Å². The van der Waals surface area contributed by atoms with Crippen LogP contribution in [-0.2, 0) is 20.9 Å². The van der Waals surface area contributed by atoms with Gasteiger partial charge in [0.2, 0.25) is 11.8 Å². The first-order valence-electron chi connectivity index (χ1n) is 17.0. The van der Waals surface area contributed by atoms with Gasteiger partial charge in [0.25, 0.3) is 0 Å². The van der Waals surface area contributed by atoms with E-state index in [4.69, 9.17) is 10.5 Å². The monoisotopic (exact) mass is 655 g/mol. The number of carbonyl (C=O) groups excluding carboxylic acids is 3. The maximum atomic E-state index is 12.8. The Balaban J connectivity index is 0.853. The van der Waals surface area contributed by atoms with Crippen LogP contribution in [0, 0.1) is 11.8 Å². The van der Waals surface area contributed by atoms with Crippen LogP contribution in [0.15, 0.2) is 47.5 Å². The number of nitrogens with zero attached hydrogens (tertiary/aromatic N) is 4. The number of piperidine rings is 1. The molecule has 6 rings (SSSR count). The standard InChI is InChI=1S/C36H45N7O5/c37-26-7-13-29(14-8-26)41-18-20-42(21-19-41)36(47)39-28-11-9-27(10-12-28)38-17-23-48-22-2-1-4-25-5-3-6-30-31(25)24-43(35(30)46)32-15-16-33(44)40-34(32)45/h3,5-8,13-14,27,32,35,38,46H,2,9-12,15-24,37H2,(H,40,44,45). The number of rotatable bonds is 8. The van der Waals surface area contributed by atoms with Crippen molar-refractivity contribution >= 4 is 34.9 Å². The second-order valence-corrected chi connectivity index (χ2v) is 12.8. The van der Waals surface area contributed by atoms with Crippen molar-refractivity contribution in [1.82, 2.24) is 20.4 Å². The van der Waals surface area contributed by atoms with Crippen LogP contribution in [0.1, 0.15) is 67.9 Å². The highest BCUT2D eigenvalue weighted by Crippen LogP contribution is 2.36. The van der Waals surface area contributed by atoms with Gasteiger partial charge in [0.1, 0.15) is 6.23 Å². The third-order valence-electron chi connectivity index (χ3n) is 9.65. The zero-order valence-electron chi connectivity index (χ0n) is 27.3. The summed E-state index contributed by atoms with van der Waals surface area (Å²) >= 11 is 0. The Labute approximate surface area is 281 Å². The Morgan fingerprint density at radius 2 is 1.79 bits per heavy atom. The van der Waals surface area contributed by atoms with Crippen molar-refractivity contribution in [2.75, 3.05) is 56.6 Å². The van der Waals surface area contributed by atoms with Crippen molar-refractivity contribution in [1.29, 1.82) is 0 Å². The summed E-state index contributed by atoms with van der Waals surface area (Å²) in [6.07, 6.45) is 3.92. The molecule has 0 spiro atoms. The molecule has 3 fully saturated rings. The van der Waals surface area contributed by atoms with E-state index in [1.54, 1.807) is 4.90 Å². The summed E-state index contributed by atoms with van der Waals surface area (Å²) in [6, 6.07) is 13.2. The molecule has 2 atom stereocenters. The van der Waals surface area contributed by atoms with Gasteiger partial charge in [-0.3, -0.25) is 19.8 Å². The lowest BCUT2D eigenvalue weighted by Gasteiger charge is -2.35. The van der Waals surface area contributed by atoms with E-state index in [1.807, 2.05) is 47.4 Å². The van der Waals surface area contributed by atoms with E-state index >= 15 is 0 Å². The van der Waals surface area contributed by atoms with Gasteiger partial charge in [0.05, 0.1) is 19.3 Å². The number of aliphatic imine (C=N–C) groups is 1. The number of hydrogen-bond acceptors (Lipinski definition) is 9. The van der Waals surface area contributed by atoms with Crippen LogP contribution in [0.2, 0.25) is 0 Å². The van der Waals surface area contributed by atoms with Gasteiger partial charge in [-0.25, -0.2) is 9.79 Å². The number of ether oxygens (including phenoxy) is 1. The molecule has 12 nitrogen and oxygen atoms in total. The summed E-state index contributed by atoms with van der Waals surface area (Å²) < 4.78 is 5.80. The van der Waals surface area contributed by atoms with Gasteiger partial charge in [0.15, 0.2) is 0 Å². The minimum Gasteiger partial charge on any atom is -0.399 e. The summed E-state index contributed by atoms with van der Waals surface area (Å²) in [7, 11) is 0. The number of nitrogens with one attached hydrogen (secondary N) is 2. The smallest absolute Gasteiger partial charge is 0.343 e. The van der Waals surface area contributed by atoms with Crippen LogP contribution in [0.5, 0.6) is 0 Å². The number of amides is 4. The lowest BCUT2D eigenvalue weighted by molar-refractivity contribution is -0.141. The molecule has 2 aromatic rings. The third kappa shape index (κ3) is 8.22. The molecular formula is C36H45N7O5. The zero-order valence-corrected chi connectivity index (χ0v) is 27.3. The molecular weight excluding hydrogens is 610 g/mol. The Kier molecular flexibility index (Phi) is 11.0. The summed E-state index contributed by atoms with van der Waals surface area (Å²) in [5.74, 6) is 5.77. The minimum absolute atomic E-state index is 0.117. The Bertz CT molecular complexity index is 1570. The first kappa shape index (κ1) is 33.6. The van der Waals surface area contributed by atoms with E-state index in [1.165, 1.54) is 0 Å². The Morgan fingerprint density at radius 1 is 1.02 bits per heavy atom. The summed E-state index contributed by atoms with van der Waals surface area (Å²) in [5, 5.41) is 16.8. The fraction of sp³-hybridized carbons (Fsp3) is 0.500. The number of fused-ring (bicyclic) bond motifs is 1. The van der Waals surface area contributed by atoms with Gasteiger partial charge in [-0.05, 0) is 68.0 Å². The van der Waals surface area contributed by atoms with Gasteiger partial charge < -0.3 is 30.7 Å². The van der Waals surface area contributed by atoms with Crippen LogP contribution >= 0.6 is 0 Å². The molecule has 0 bridgehead atoms. The highest BCUT2D eigenvalue weighted by atomic mass is 16.5. The molecule has 0 aromatic heterocycles. The van der Waals surface area contributed by atoms with Gasteiger partial charge in [-0.2, -0.15) is 0 Å². The molecule has 4 aliphatic rings. The van der Waals surface area contributed by atoms with E-state index in [0.717, 1.165) is 79.1 Å². The van der Waals surface area contributed by atoms with E-state index in [2.05, 4.69) is 32.4 Å². The zero-order chi connectivity index (χ0) is 33.5. The first-order valence-corrected chi connectivity index (χ1v) is 17.0. The van der Waals surface area contributed by atoms with Gasteiger partial charge >= 0.3 is 6.03 Å². The maximum Gasteiger partial charge on any atom is 0.343 e. The minimum atomic E-state index is -0.902. The maximum absolute atomic E-state index is 12.8. The van der Waals surface area contributed by atoms with E-state index in [9.17, 15) is 19.5 Å². The van der Waals surface area contributed by atoms with Crippen molar-refractivity contribution in [2.45, 2.75) is 69.8 Å². The second kappa shape index (κ2) is 15.7. The number of aliphatic hydroxyl groups is 1. The van der Waals surface area contributed by atoms with Crippen LogP contribution in [0.3, 0.4) is 0 Å². The molecule has 48 heavy (non-hydrogen) atoms. The Hall–Kier alpha value is -4.28. The number of anilines is 2. The lowest BCUT2D eigenvalue weighted by atomic mass is 9.93. The molecule has 4 amide bonds. The predicted octanol–water partition coefficient (Wildman–Crippen LogP) is 2.55. The molecule has 1 saturated carbocycles. The fourth-order valence-electron chi connectivity index (χ4n) is 6.90. The number of urea groups is 1. The topological polar surface area (TPSA) is 153 Å². The molecule has 2 unspecified atom stereocenters. The molecule has 254 valence electrons. The second-order valence-electron chi connectivity index (χ2n) is 12.8. The number of aliphatic hydroxyl groups excluding tert-OH is 1. The van der Waals surface area contributed by atoms with Gasteiger partial charge in [-0.1, -0.05) is 24.0 Å². The van der Waals surface area contributed by atoms with Crippen LogP contribution in [-0.4, -0.2) is 96.5 Å². The quantitative estimate of drug-likeness (QED) is 0.146. The van der Waals surface area contributed by atoms with Crippen molar-refractivity contribution in [3.63, 3.8) is 0 Å². The van der Waals surface area contributed by atoms with Crippen molar-refractivity contribution in [3.8, 4) is 11.8 Å². The number of hydrogen-bond donors (Lipinski definition) is 4. The number of imide groups is 1. The molecule has 0 radical (unpaired) electrons. The number of benzene rings is 2. The number of nitrogens with two attached hydrogens (primary N) is 1. The first-order chi connectivity index (χ1) is 23.4. The number of piperazine rings is 1. The highest BCUT2D eigenvalue weighted by Gasteiger charge is 2.40. The van der Waals surface area contributed by atoms with Crippen molar-refractivity contribution in [3.05, 3.63) is 59.2 Å². The summed E-state index contributed by atoms with van der Waals surface area (Å²) in [5.41, 5.74) is 11.2. The van der Waals surface area contributed by atoms with Crippen molar-refractivity contribution in [2.24, 2.45) is 4.99 Å². The third-order valence-corrected chi connectivity index (χ3v) is 9.65. The van der Waals surface area contributed by atoms with Gasteiger partial charge in [-0.15, -0.1) is 0 Å². The number of carbonyl (C=O) groups is 3. The summed E-state index contributed by atoms with van der Waals surface area (Å²) in [4.78, 5) is 47.1. The van der Waals surface area contributed by atoms with Gasteiger partial charge in [0, 0.05) is 86.4 Å². The molecule has 12 heteroatoms. The molecule has 2 saturated heterocycles. The SMILES string of the molecule is Nc1ccc(N2CCN(C(=O)N=C3CCC(NCCOCCC#Cc4cccc5c4CN(C4CCC(=O)NC4=O)C5O)CC3)CC2)cc1. The number of nitrogen functional groups attached to an aromatic ring is 1. The molecule has 3 heterocycles. The molecule has 1 aliphatic carbocycles. The Morgan fingerprint density at radius 3 is 2.54 bits per heavy atom. The van der Waals surface area contributed by atoms with E-state index < -0.39 is 12.3 Å². The lowest BCUT2D eigenvalue weighted by Crippen LogP contribution is -2.51. The van der Waals surface area contributed by atoms with Crippen LogP contribution < -0.4 is 21.3 Å². The van der Waals surface area contributed by atoms with Crippen LogP contribution in [0.25, 0.3) is 0 Å². The summed E-state index contributed by atoms with van der Waals surface area (Å²) in [6.45, 7) is 5.17. The molecule has 5 N–H and O–H groups in total. The average molecular weight is 656 g/mol. The predicted molar refractivity (Wildman–Crippen MR) is 183 cm³/mol. The largest absolute Gasteiger partial charge is 0.399 e. The van der Waals surface area contributed by atoms with E-state index in [-0.39, 0.29) is 24.3 Å².